The average Bonchev–Trinajstić information content (AvgIpc) is 2.72. The van der Waals surface area contributed by atoms with Crippen molar-refractivity contribution in [2.24, 2.45) is 5.14 Å². The lowest BCUT2D eigenvalue weighted by Gasteiger charge is -2.30. The van der Waals surface area contributed by atoms with Gasteiger partial charge in [-0.25, -0.2) is 23.5 Å². The number of aromatic nitrogens is 2. The predicted octanol–water partition coefficient (Wildman–Crippen LogP) is 0.159. The van der Waals surface area contributed by atoms with E-state index in [1.807, 2.05) is 6.20 Å². The molecule has 4 rings (SSSR count). The maximum absolute atomic E-state index is 12.8. The highest BCUT2D eigenvalue weighted by atomic mass is 32.2. The highest BCUT2D eigenvalue weighted by Gasteiger charge is 2.25. The highest BCUT2D eigenvalue weighted by molar-refractivity contribution is 7.89. The third-order valence-electron chi connectivity index (χ3n) is 4.94. The monoisotopic (exact) mass is 403 g/mol. The lowest BCUT2D eigenvalue weighted by Crippen LogP contribution is -2.39. The first kappa shape index (κ1) is 18.8. The van der Waals surface area contributed by atoms with E-state index in [9.17, 15) is 13.2 Å². The summed E-state index contributed by atoms with van der Waals surface area (Å²) in [7, 11) is -3.78. The Morgan fingerprint density at radius 3 is 2.50 bits per heavy atom. The molecular weight excluding hydrogens is 382 g/mol. The number of benzene rings is 1. The van der Waals surface area contributed by atoms with Crippen LogP contribution in [0.1, 0.15) is 21.6 Å². The topological polar surface area (TPSA) is 119 Å². The van der Waals surface area contributed by atoms with E-state index < -0.39 is 10.0 Å². The minimum Gasteiger partial charge on any atom is -0.378 e. The number of hydrogen-bond donors (Lipinski definition) is 1. The van der Waals surface area contributed by atoms with Gasteiger partial charge in [-0.1, -0.05) is 0 Å². The Kier molecular flexibility index (Phi) is 5.00. The van der Waals surface area contributed by atoms with E-state index in [0.29, 0.717) is 44.2 Å². The standard InChI is InChI=1S/C18H21N5O4S/c19-28(25,26)15-3-1-13(2-4-15)17(24)23-6-5-14-11-20-18(21-16(14)12-23)22-7-9-27-10-8-22/h1-4,11H,5-10,12H2,(H2,19,25,26). The van der Waals surface area contributed by atoms with Crippen LogP contribution < -0.4 is 10.0 Å². The van der Waals surface area contributed by atoms with Gasteiger partial charge in [0, 0.05) is 31.4 Å². The molecule has 0 bridgehead atoms. The van der Waals surface area contributed by atoms with Crippen LogP contribution in [0.15, 0.2) is 35.4 Å². The number of nitrogens with two attached hydrogens (primary N) is 1. The normalized spacial score (nSPS) is 17.3. The summed E-state index contributed by atoms with van der Waals surface area (Å²) in [6.45, 7) is 3.75. The van der Waals surface area contributed by atoms with E-state index in [4.69, 9.17) is 9.88 Å². The van der Waals surface area contributed by atoms with Crippen molar-refractivity contribution in [3.63, 3.8) is 0 Å². The lowest BCUT2D eigenvalue weighted by molar-refractivity contribution is 0.0731. The number of primary sulfonamides is 1. The third-order valence-corrected chi connectivity index (χ3v) is 5.87. The van der Waals surface area contributed by atoms with Crippen molar-refractivity contribution in [1.29, 1.82) is 0 Å². The Morgan fingerprint density at radius 2 is 1.82 bits per heavy atom. The number of ether oxygens (including phenoxy) is 1. The Hall–Kier alpha value is -2.56. The molecular formula is C18H21N5O4S. The average molecular weight is 403 g/mol. The molecule has 0 radical (unpaired) electrons. The maximum Gasteiger partial charge on any atom is 0.254 e. The third kappa shape index (κ3) is 3.84. The smallest absolute Gasteiger partial charge is 0.254 e. The minimum atomic E-state index is -3.78. The number of rotatable bonds is 3. The van der Waals surface area contributed by atoms with E-state index >= 15 is 0 Å². The molecule has 2 aliphatic heterocycles. The Balaban J connectivity index is 1.51. The molecule has 1 saturated heterocycles. The van der Waals surface area contributed by atoms with E-state index in [1.165, 1.54) is 24.3 Å². The molecule has 2 aromatic rings. The fourth-order valence-electron chi connectivity index (χ4n) is 3.35. The van der Waals surface area contributed by atoms with Crippen molar-refractivity contribution >= 4 is 21.9 Å². The molecule has 0 saturated carbocycles. The zero-order chi connectivity index (χ0) is 19.7. The van der Waals surface area contributed by atoms with Gasteiger partial charge in [0.1, 0.15) is 0 Å². The highest BCUT2D eigenvalue weighted by Crippen LogP contribution is 2.21. The predicted molar refractivity (Wildman–Crippen MR) is 101 cm³/mol. The Morgan fingerprint density at radius 1 is 1.11 bits per heavy atom. The first-order chi connectivity index (χ1) is 13.4. The van der Waals surface area contributed by atoms with Gasteiger partial charge in [-0.15, -0.1) is 0 Å². The van der Waals surface area contributed by atoms with Crippen molar-refractivity contribution in [2.75, 3.05) is 37.7 Å². The Labute approximate surface area is 163 Å². The van der Waals surface area contributed by atoms with Gasteiger partial charge in [0.25, 0.3) is 5.91 Å². The quantitative estimate of drug-likeness (QED) is 0.775. The van der Waals surface area contributed by atoms with Crippen LogP contribution in [-0.2, 0) is 27.7 Å². The van der Waals surface area contributed by atoms with Crippen LogP contribution in [0.2, 0.25) is 0 Å². The molecule has 0 aliphatic carbocycles. The molecule has 1 aromatic carbocycles. The van der Waals surface area contributed by atoms with E-state index in [0.717, 1.165) is 24.3 Å². The first-order valence-corrected chi connectivity index (χ1v) is 10.6. The summed E-state index contributed by atoms with van der Waals surface area (Å²) in [5.74, 6) is 0.493. The number of morpholine rings is 1. The molecule has 2 aliphatic rings. The molecule has 148 valence electrons. The van der Waals surface area contributed by atoms with Gasteiger partial charge in [-0.3, -0.25) is 4.79 Å². The Bertz CT molecular complexity index is 988. The second kappa shape index (κ2) is 7.46. The van der Waals surface area contributed by atoms with E-state index in [2.05, 4.69) is 14.9 Å². The van der Waals surface area contributed by atoms with Crippen molar-refractivity contribution < 1.29 is 17.9 Å². The van der Waals surface area contributed by atoms with Crippen molar-refractivity contribution in [3.05, 3.63) is 47.3 Å². The summed E-state index contributed by atoms with van der Waals surface area (Å²) in [4.78, 5) is 25.7. The van der Waals surface area contributed by atoms with Crippen molar-refractivity contribution in [2.45, 2.75) is 17.9 Å². The fourth-order valence-corrected chi connectivity index (χ4v) is 3.87. The number of carbonyl (C=O) groups is 1. The van der Waals surface area contributed by atoms with Crippen LogP contribution in [0.3, 0.4) is 0 Å². The van der Waals surface area contributed by atoms with Gasteiger partial charge in [-0.05, 0) is 36.2 Å². The van der Waals surface area contributed by atoms with E-state index in [1.54, 1.807) is 4.90 Å². The molecule has 0 spiro atoms. The lowest BCUT2D eigenvalue weighted by atomic mass is 10.1. The summed E-state index contributed by atoms with van der Waals surface area (Å²) in [6, 6.07) is 5.66. The molecule has 3 heterocycles. The van der Waals surface area contributed by atoms with E-state index in [-0.39, 0.29) is 10.8 Å². The van der Waals surface area contributed by atoms with Crippen molar-refractivity contribution in [3.8, 4) is 0 Å². The van der Waals surface area contributed by atoms with Crippen LogP contribution in [0.4, 0.5) is 5.95 Å². The molecule has 0 atom stereocenters. The zero-order valence-corrected chi connectivity index (χ0v) is 16.1. The van der Waals surface area contributed by atoms with Crippen LogP contribution in [-0.4, -0.2) is 62.0 Å². The fraction of sp³-hybridized carbons (Fsp3) is 0.389. The number of sulfonamides is 1. The molecule has 1 amide bonds. The molecule has 9 nitrogen and oxygen atoms in total. The summed E-state index contributed by atoms with van der Waals surface area (Å²) < 4.78 is 28.1. The molecule has 1 aromatic heterocycles. The summed E-state index contributed by atoms with van der Waals surface area (Å²) in [6.07, 6.45) is 2.52. The summed E-state index contributed by atoms with van der Waals surface area (Å²) in [5.41, 5.74) is 2.31. The molecule has 28 heavy (non-hydrogen) atoms. The zero-order valence-electron chi connectivity index (χ0n) is 15.2. The number of hydrogen-bond acceptors (Lipinski definition) is 7. The van der Waals surface area contributed by atoms with Crippen LogP contribution in [0.25, 0.3) is 0 Å². The number of carbonyl (C=O) groups excluding carboxylic acids is 1. The number of fused-ring (bicyclic) bond motifs is 1. The van der Waals surface area contributed by atoms with Crippen LogP contribution in [0, 0.1) is 0 Å². The van der Waals surface area contributed by atoms with Gasteiger partial charge in [-0.2, -0.15) is 0 Å². The number of nitrogens with zero attached hydrogens (tertiary/aromatic N) is 4. The first-order valence-electron chi connectivity index (χ1n) is 9.01. The summed E-state index contributed by atoms with van der Waals surface area (Å²) >= 11 is 0. The molecule has 10 heteroatoms. The molecule has 0 unspecified atom stereocenters. The maximum atomic E-state index is 12.8. The minimum absolute atomic E-state index is 0.0177. The van der Waals surface area contributed by atoms with Gasteiger partial charge in [0.05, 0.1) is 30.3 Å². The SMILES string of the molecule is NS(=O)(=O)c1ccc(C(=O)N2CCc3cnc(N4CCOCC4)nc3C2)cc1. The van der Waals surface area contributed by atoms with Gasteiger partial charge >= 0.3 is 0 Å². The molecule has 1 fully saturated rings. The van der Waals surface area contributed by atoms with Gasteiger partial charge < -0.3 is 14.5 Å². The van der Waals surface area contributed by atoms with Gasteiger partial charge in [0.2, 0.25) is 16.0 Å². The summed E-state index contributed by atoms with van der Waals surface area (Å²) in [5, 5.41) is 5.11. The van der Waals surface area contributed by atoms with Crippen molar-refractivity contribution in [1.82, 2.24) is 14.9 Å². The van der Waals surface area contributed by atoms with Gasteiger partial charge in [0.15, 0.2) is 0 Å². The second-order valence-electron chi connectivity index (χ2n) is 6.79. The van der Waals surface area contributed by atoms with Crippen LogP contribution in [0.5, 0.6) is 0 Å². The second-order valence-corrected chi connectivity index (χ2v) is 8.35. The molecule has 2 N–H and O–H groups in total. The largest absolute Gasteiger partial charge is 0.378 e. The van der Waals surface area contributed by atoms with Crippen LogP contribution >= 0.6 is 0 Å². The number of anilines is 1. The number of amides is 1.